The third-order valence-electron chi connectivity index (χ3n) is 4.54. The highest BCUT2D eigenvalue weighted by Crippen LogP contribution is 2.46. The summed E-state index contributed by atoms with van der Waals surface area (Å²) in [7, 11) is 1.49. The summed E-state index contributed by atoms with van der Waals surface area (Å²) in [4.78, 5) is 12.7. The molecule has 2 aromatic carbocycles. The largest absolute Gasteiger partial charge is 0.507 e. The fourth-order valence-corrected chi connectivity index (χ4v) is 3.12. The number of aromatic hydroxyl groups is 3. The van der Waals surface area contributed by atoms with Crippen molar-refractivity contribution in [3.63, 3.8) is 0 Å². The molecule has 1 atom stereocenters. The first-order valence-corrected chi connectivity index (χ1v) is 8.59. The Morgan fingerprint density at radius 2 is 1.93 bits per heavy atom. The van der Waals surface area contributed by atoms with Gasteiger partial charge in [0.05, 0.1) is 13.5 Å². The van der Waals surface area contributed by atoms with Crippen LogP contribution in [-0.4, -0.2) is 28.2 Å². The van der Waals surface area contributed by atoms with Crippen molar-refractivity contribution in [1.82, 2.24) is 0 Å². The summed E-state index contributed by atoms with van der Waals surface area (Å²) in [6.45, 7) is 3.93. The number of carbonyl (C=O) groups is 1. The summed E-state index contributed by atoms with van der Waals surface area (Å²) in [5.74, 6) is -0.242. The predicted molar refractivity (Wildman–Crippen MR) is 99.9 cm³/mol. The topological polar surface area (TPSA) is 96.2 Å². The smallest absolute Gasteiger partial charge is 0.174 e. The molecular weight excluding hydrogens is 348 g/mol. The summed E-state index contributed by atoms with van der Waals surface area (Å²) >= 11 is 0. The Balaban J connectivity index is 2.11. The number of ketones is 1. The zero-order valence-electron chi connectivity index (χ0n) is 15.4. The van der Waals surface area contributed by atoms with Crippen LogP contribution in [0.2, 0.25) is 0 Å². The van der Waals surface area contributed by atoms with Gasteiger partial charge in [-0.3, -0.25) is 4.79 Å². The van der Waals surface area contributed by atoms with E-state index in [1.165, 1.54) is 25.3 Å². The number of ether oxygens (including phenoxy) is 2. The third-order valence-corrected chi connectivity index (χ3v) is 4.54. The summed E-state index contributed by atoms with van der Waals surface area (Å²) in [5.41, 5.74) is 2.47. The van der Waals surface area contributed by atoms with Gasteiger partial charge >= 0.3 is 0 Å². The monoisotopic (exact) mass is 370 g/mol. The molecule has 0 amide bonds. The first-order chi connectivity index (χ1) is 12.8. The van der Waals surface area contributed by atoms with Gasteiger partial charge in [0.1, 0.15) is 28.9 Å². The highest BCUT2D eigenvalue weighted by atomic mass is 16.5. The second-order valence-corrected chi connectivity index (χ2v) is 6.75. The minimum atomic E-state index is -0.645. The lowest BCUT2D eigenvalue weighted by atomic mass is 9.92. The lowest BCUT2D eigenvalue weighted by Crippen LogP contribution is -2.22. The molecule has 142 valence electrons. The maximum Gasteiger partial charge on any atom is 0.174 e. The lowest BCUT2D eigenvalue weighted by Gasteiger charge is -2.29. The molecule has 2 aromatic rings. The van der Waals surface area contributed by atoms with Crippen LogP contribution in [0.1, 0.15) is 47.9 Å². The van der Waals surface area contributed by atoms with Gasteiger partial charge in [-0.05, 0) is 38.0 Å². The molecule has 0 fully saturated rings. The van der Waals surface area contributed by atoms with E-state index in [2.05, 4.69) is 0 Å². The van der Waals surface area contributed by atoms with Gasteiger partial charge in [0.25, 0.3) is 0 Å². The molecule has 0 bridgehead atoms. The minimum absolute atomic E-state index is 0.0131. The summed E-state index contributed by atoms with van der Waals surface area (Å²) in [5, 5.41) is 29.6. The Hall–Kier alpha value is -3.15. The van der Waals surface area contributed by atoms with Gasteiger partial charge in [-0.25, -0.2) is 0 Å². The van der Waals surface area contributed by atoms with Crippen molar-refractivity contribution in [2.24, 2.45) is 0 Å². The number of fused-ring (bicyclic) bond motifs is 1. The van der Waals surface area contributed by atoms with E-state index in [1.54, 1.807) is 6.07 Å². The fraction of sp³-hybridized carbons (Fsp3) is 0.286. The number of carbonyl (C=O) groups excluding carboxylic acids is 1. The first kappa shape index (κ1) is 18.6. The number of methoxy groups -OCH3 is 1. The fourth-order valence-electron chi connectivity index (χ4n) is 3.12. The Kier molecular flexibility index (Phi) is 4.99. The number of phenolic OH excluding ortho intramolecular Hbond substituents is 3. The molecule has 0 saturated heterocycles. The van der Waals surface area contributed by atoms with E-state index >= 15 is 0 Å². The summed E-state index contributed by atoms with van der Waals surface area (Å²) in [6.07, 6.45) is 1.83. The Morgan fingerprint density at radius 3 is 2.56 bits per heavy atom. The molecule has 0 radical (unpaired) electrons. The highest BCUT2D eigenvalue weighted by Gasteiger charge is 2.33. The number of rotatable bonds is 4. The van der Waals surface area contributed by atoms with Gasteiger partial charge in [0, 0.05) is 11.6 Å². The van der Waals surface area contributed by atoms with Crippen molar-refractivity contribution in [3.8, 4) is 28.7 Å². The molecule has 0 aromatic heterocycles. The van der Waals surface area contributed by atoms with Gasteiger partial charge in [0.15, 0.2) is 17.3 Å². The zero-order valence-corrected chi connectivity index (χ0v) is 15.4. The van der Waals surface area contributed by atoms with Gasteiger partial charge < -0.3 is 24.8 Å². The molecule has 1 aliphatic heterocycles. The predicted octanol–water partition coefficient (Wildman–Crippen LogP) is 4.03. The van der Waals surface area contributed by atoms with E-state index in [-0.39, 0.29) is 40.8 Å². The van der Waals surface area contributed by atoms with Crippen molar-refractivity contribution in [2.45, 2.75) is 32.8 Å². The number of Topliss-reactive ketones (excluding diaryl/α,β-unsaturated/α-hetero) is 1. The van der Waals surface area contributed by atoms with Gasteiger partial charge in [-0.15, -0.1) is 0 Å². The quantitative estimate of drug-likeness (QED) is 0.555. The van der Waals surface area contributed by atoms with Crippen molar-refractivity contribution >= 4 is 5.78 Å². The molecule has 1 heterocycles. The zero-order chi connectivity index (χ0) is 19.7. The first-order valence-electron chi connectivity index (χ1n) is 8.59. The highest BCUT2D eigenvalue weighted by molar-refractivity contribution is 6.03. The average molecular weight is 370 g/mol. The lowest BCUT2D eigenvalue weighted by molar-refractivity contribution is 0.0842. The van der Waals surface area contributed by atoms with Crippen LogP contribution in [0.4, 0.5) is 0 Å². The van der Waals surface area contributed by atoms with Crippen molar-refractivity contribution in [3.05, 3.63) is 52.6 Å². The molecule has 6 heteroatoms. The molecule has 0 aliphatic carbocycles. The number of allylic oxidation sites excluding steroid dienone is 2. The SMILES string of the molecule is COc1cc(O)c2c(c1CC=C(C)C)O[C@@H](c1ccc(O)c(O)c1)CC2=O. The molecule has 27 heavy (non-hydrogen) atoms. The van der Waals surface area contributed by atoms with Crippen molar-refractivity contribution < 1.29 is 29.6 Å². The number of phenols is 3. The number of hydrogen-bond donors (Lipinski definition) is 3. The van der Waals surface area contributed by atoms with Crippen molar-refractivity contribution in [2.75, 3.05) is 7.11 Å². The van der Waals surface area contributed by atoms with E-state index in [0.29, 0.717) is 23.3 Å². The van der Waals surface area contributed by atoms with Gasteiger partial charge in [-0.2, -0.15) is 0 Å². The van der Waals surface area contributed by atoms with Gasteiger partial charge in [0.2, 0.25) is 0 Å². The minimum Gasteiger partial charge on any atom is -0.507 e. The van der Waals surface area contributed by atoms with Crippen LogP contribution in [0.25, 0.3) is 0 Å². The van der Waals surface area contributed by atoms with Crippen LogP contribution in [0, 0.1) is 0 Å². The molecule has 1 aliphatic rings. The normalized spacial score (nSPS) is 15.7. The van der Waals surface area contributed by atoms with Crippen LogP contribution in [0.3, 0.4) is 0 Å². The van der Waals surface area contributed by atoms with Crippen LogP contribution >= 0.6 is 0 Å². The average Bonchev–Trinajstić information content (AvgIpc) is 2.62. The van der Waals surface area contributed by atoms with E-state index in [1.807, 2.05) is 19.9 Å². The Bertz CT molecular complexity index is 925. The van der Waals surface area contributed by atoms with E-state index in [9.17, 15) is 20.1 Å². The summed E-state index contributed by atoms with van der Waals surface area (Å²) < 4.78 is 11.5. The molecule has 3 N–H and O–H groups in total. The second kappa shape index (κ2) is 7.23. The molecule has 0 unspecified atom stereocenters. The Labute approximate surface area is 157 Å². The van der Waals surface area contributed by atoms with Crippen LogP contribution in [0.5, 0.6) is 28.7 Å². The van der Waals surface area contributed by atoms with Crippen molar-refractivity contribution in [1.29, 1.82) is 0 Å². The molecule has 3 rings (SSSR count). The molecule has 0 spiro atoms. The van der Waals surface area contributed by atoms with E-state index < -0.39 is 6.10 Å². The maximum absolute atomic E-state index is 12.7. The molecular formula is C21H22O6. The van der Waals surface area contributed by atoms with E-state index in [0.717, 1.165) is 5.57 Å². The van der Waals surface area contributed by atoms with Gasteiger partial charge in [-0.1, -0.05) is 17.7 Å². The maximum atomic E-state index is 12.7. The third kappa shape index (κ3) is 3.56. The summed E-state index contributed by atoms with van der Waals surface area (Å²) in [6, 6.07) is 5.74. The Morgan fingerprint density at radius 1 is 1.19 bits per heavy atom. The second-order valence-electron chi connectivity index (χ2n) is 6.75. The van der Waals surface area contributed by atoms with Crippen LogP contribution in [0.15, 0.2) is 35.9 Å². The molecule has 0 saturated carbocycles. The van der Waals surface area contributed by atoms with Crippen LogP contribution < -0.4 is 9.47 Å². The van der Waals surface area contributed by atoms with Crippen LogP contribution in [-0.2, 0) is 6.42 Å². The number of benzene rings is 2. The number of hydrogen-bond acceptors (Lipinski definition) is 6. The van der Waals surface area contributed by atoms with E-state index in [4.69, 9.17) is 9.47 Å². The standard InChI is InChI=1S/C21H22O6/c1-11(2)4-6-13-19(26-3)10-17(25)20-16(24)9-18(27-21(13)20)12-5-7-14(22)15(23)8-12/h4-5,7-8,10,18,22-23,25H,6,9H2,1-3H3/t18-/m1/s1. The molecule has 6 nitrogen and oxygen atoms in total.